The summed E-state index contributed by atoms with van der Waals surface area (Å²) >= 11 is 12.1. The summed E-state index contributed by atoms with van der Waals surface area (Å²) in [5, 5.41) is 3.73. The van der Waals surface area contributed by atoms with Gasteiger partial charge in [-0.25, -0.2) is 0 Å². The highest BCUT2D eigenvalue weighted by molar-refractivity contribution is 6.34. The standard InChI is InChI=1S/C18H17Cl2NO4/c1-11(25-13-5-3-12(19)4-6-13)18(22)21-15-10-17-16(9-14(15)20)23-7-2-8-24-17/h3-6,9-11H,2,7-8H2,1H3,(H,21,22). The van der Waals surface area contributed by atoms with Gasteiger partial charge in [0.15, 0.2) is 17.6 Å². The molecule has 132 valence electrons. The van der Waals surface area contributed by atoms with Gasteiger partial charge < -0.3 is 19.5 Å². The van der Waals surface area contributed by atoms with Crippen LogP contribution in [0.2, 0.25) is 10.0 Å². The Morgan fingerprint density at radius 2 is 1.76 bits per heavy atom. The van der Waals surface area contributed by atoms with Crippen molar-refractivity contribution >= 4 is 34.8 Å². The van der Waals surface area contributed by atoms with E-state index in [-0.39, 0.29) is 5.91 Å². The summed E-state index contributed by atoms with van der Waals surface area (Å²) in [5.41, 5.74) is 0.447. The molecule has 0 fully saturated rings. The fourth-order valence-electron chi connectivity index (χ4n) is 2.28. The summed E-state index contributed by atoms with van der Waals surface area (Å²) < 4.78 is 16.8. The molecule has 0 saturated carbocycles. The molecular formula is C18H17Cl2NO4. The Balaban J connectivity index is 1.69. The first-order valence-corrected chi connectivity index (χ1v) is 8.61. The van der Waals surface area contributed by atoms with Crippen molar-refractivity contribution in [2.24, 2.45) is 0 Å². The molecule has 1 atom stereocenters. The molecule has 0 spiro atoms. The van der Waals surface area contributed by atoms with Crippen LogP contribution in [0.5, 0.6) is 17.2 Å². The van der Waals surface area contributed by atoms with Crippen LogP contribution in [0, 0.1) is 0 Å². The molecule has 2 aromatic carbocycles. The van der Waals surface area contributed by atoms with E-state index in [0.29, 0.717) is 46.2 Å². The molecule has 5 nitrogen and oxygen atoms in total. The maximum absolute atomic E-state index is 12.4. The molecule has 0 saturated heterocycles. The van der Waals surface area contributed by atoms with Crippen LogP contribution in [0.15, 0.2) is 36.4 Å². The lowest BCUT2D eigenvalue weighted by atomic mass is 10.2. The van der Waals surface area contributed by atoms with Gasteiger partial charge in [0.05, 0.1) is 23.9 Å². The molecule has 1 amide bonds. The third-order valence-corrected chi connectivity index (χ3v) is 4.16. The summed E-state index contributed by atoms with van der Waals surface area (Å²) in [6, 6.07) is 10.1. The van der Waals surface area contributed by atoms with E-state index in [1.165, 1.54) is 0 Å². The first-order chi connectivity index (χ1) is 12.0. The number of ether oxygens (including phenoxy) is 3. The van der Waals surface area contributed by atoms with Gasteiger partial charge in [-0.1, -0.05) is 23.2 Å². The van der Waals surface area contributed by atoms with Gasteiger partial charge in [-0.05, 0) is 31.2 Å². The number of halogens is 2. The lowest BCUT2D eigenvalue weighted by Gasteiger charge is -2.16. The summed E-state index contributed by atoms with van der Waals surface area (Å²) in [7, 11) is 0. The summed E-state index contributed by atoms with van der Waals surface area (Å²) in [6.45, 7) is 2.78. The minimum absolute atomic E-state index is 0.327. The van der Waals surface area contributed by atoms with Crippen LogP contribution in [-0.4, -0.2) is 25.2 Å². The van der Waals surface area contributed by atoms with Gasteiger partial charge in [0.25, 0.3) is 5.91 Å². The average Bonchev–Trinajstić information content (AvgIpc) is 2.82. The van der Waals surface area contributed by atoms with Crippen molar-refractivity contribution < 1.29 is 19.0 Å². The van der Waals surface area contributed by atoms with Crippen LogP contribution in [0.25, 0.3) is 0 Å². The number of rotatable bonds is 4. The Morgan fingerprint density at radius 3 is 2.44 bits per heavy atom. The highest BCUT2D eigenvalue weighted by Gasteiger charge is 2.19. The van der Waals surface area contributed by atoms with E-state index in [9.17, 15) is 4.79 Å². The highest BCUT2D eigenvalue weighted by atomic mass is 35.5. The number of hydrogen-bond donors (Lipinski definition) is 1. The van der Waals surface area contributed by atoms with Gasteiger partial charge in [-0.3, -0.25) is 4.79 Å². The predicted molar refractivity (Wildman–Crippen MR) is 97.2 cm³/mol. The Labute approximate surface area is 155 Å². The predicted octanol–water partition coefficient (Wildman–Crippen LogP) is 4.56. The Morgan fingerprint density at radius 1 is 1.12 bits per heavy atom. The quantitative estimate of drug-likeness (QED) is 0.842. The second-order valence-electron chi connectivity index (χ2n) is 5.53. The molecule has 2 aromatic rings. The molecule has 3 rings (SSSR count). The van der Waals surface area contributed by atoms with E-state index in [4.69, 9.17) is 37.4 Å². The van der Waals surface area contributed by atoms with Crippen LogP contribution in [0.4, 0.5) is 5.69 Å². The number of amides is 1. The maximum Gasteiger partial charge on any atom is 0.265 e. The topological polar surface area (TPSA) is 56.8 Å². The molecule has 0 radical (unpaired) electrons. The number of nitrogens with one attached hydrogen (secondary N) is 1. The molecule has 7 heteroatoms. The summed E-state index contributed by atoms with van der Waals surface area (Å²) in [5.74, 6) is 1.36. The van der Waals surface area contributed by atoms with E-state index in [1.54, 1.807) is 43.3 Å². The zero-order chi connectivity index (χ0) is 17.8. The lowest BCUT2D eigenvalue weighted by Crippen LogP contribution is -2.30. The number of carbonyl (C=O) groups excluding carboxylic acids is 1. The van der Waals surface area contributed by atoms with Gasteiger partial charge in [0, 0.05) is 23.6 Å². The SMILES string of the molecule is CC(Oc1ccc(Cl)cc1)C(=O)Nc1cc2c(cc1Cl)OCCCO2. The van der Waals surface area contributed by atoms with Crippen LogP contribution < -0.4 is 19.5 Å². The van der Waals surface area contributed by atoms with E-state index in [0.717, 1.165) is 6.42 Å². The number of hydrogen-bond acceptors (Lipinski definition) is 4. The number of fused-ring (bicyclic) bond motifs is 1. The highest BCUT2D eigenvalue weighted by Crippen LogP contribution is 2.37. The molecule has 0 bridgehead atoms. The van der Waals surface area contributed by atoms with Gasteiger partial charge in [0.1, 0.15) is 5.75 Å². The minimum atomic E-state index is -0.715. The minimum Gasteiger partial charge on any atom is -0.490 e. The normalized spacial score (nSPS) is 14.4. The van der Waals surface area contributed by atoms with E-state index >= 15 is 0 Å². The van der Waals surface area contributed by atoms with Crippen molar-refractivity contribution in [2.75, 3.05) is 18.5 Å². The fraction of sp³-hybridized carbons (Fsp3) is 0.278. The van der Waals surface area contributed by atoms with Crippen molar-refractivity contribution in [1.82, 2.24) is 0 Å². The first-order valence-electron chi connectivity index (χ1n) is 7.85. The molecular weight excluding hydrogens is 365 g/mol. The van der Waals surface area contributed by atoms with Gasteiger partial charge in [-0.2, -0.15) is 0 Å². The number of benzene rings is 2. The van der Waals surface area contributed by atoms with Crippen LogP contribution >= 0.6 is 23.2 Å². The van der Waals surface area contributed by atoms with E-state index < -0.39 is 6.10 Å². The monoisotopic (exact) mass is 381 g/mol. The van der Waals surface area contributed by atoms with Gasteiger partial charge in [-0.15, -0.1) is 0 Å². The van der Waals surface area contributed by atoms with Gasteiger partial charge >= 0.3 is 0 Å². The van der Waals surface area contributed by atoms with Crippen molar-refractivity contribution in [3.8, 4) is 17.2 Å². The van der Waals surface area contributed by atoms with Crippen LogP contribution in [0.1, 0.15) is 13.3 Å². The zero-order valence-corrected chi connectivity index (χ0v) is 15.1. The largest absolute Gasteiger partial charge is 0.490 e. The zero-order valence-electron chi connectivity index (χ0n) is 13.6. The molecule has 1 unspecified atom stereocenters. The van der Waals surface area contributed by atoms with E-state index in [1.807, 2.05) is 0 Å². The Kier molecular flexibility index (Phi) is 5.56. The van der Waals surface area contributed by atoms with Crippen molar-refractivity contribution in [2.45, 2.75) is 19.4 Å². The third-order valence-electron chi connectivity index (χ3n) is 3.59. The smallest absolute Gasteiger partial charge is 0.265 e. The maximum atomic E-state index is 12.4. The van der Waals surface area contributed by atoms with Crippen molar-refractivity contribution in [3.63, 3.8) is 0 Å². The second-order valence-corrected chi connectivity index (χ2v) is 6.38. The number of anilines is 1. The van der Waals surface area contributed by atoms with Crippen LogP contribution in [0.3, 0.4) is 0 Å². The summed E-state index contributed by atoms with van der Waals surface area (Å²) in [4.78, 5) is 12.4. The van der Waals surface area contributed by atoms with Crippen molar-refractivity contribution in [3.05, 3.63) is 46.4 Å². The number of carbonyl (C=O) groups is 1. The molecule has 0 aromatic heterocycles. The molecule has 0 aliphatic carbocycles. The first kappa shape index (κ1) is 17.7. The van der Waals surface area contributed by atoms with E-state index in [2.05, 4.69) is 5.32 Å². The fourth-order valence-corrected chi connectivity index (χ4v) is 2.61. The lowest BCUT2D eigenvalue weighted by molar-refractivity contribution is -0.122. The molecule has 1 aliphatic heterocycles. The molecule has 1 heterocycles. The molecule has 25 heavy (non-hydrogen) atoms. The Hall–Kier alpha value is -2.11. The average molecular weight is 382 g/mol. The van der Waals surface area contributed by atoms with Gasteiger partial charge in [0.2, 0.25) is 0 Å². The molecule has 1 N–H and O–H groups in total. The summed E-state index contributed by atoms with van der Waals surface area (Å²) in [6.07, 6.45) is 0.0770. The Bertz CT molecular complexity index is 764. The second kappa shape index (κ2) is 7.85. The molecule has 1 aliphatic rings. The van der Waals surface area contributed by atoms with Crippen LogP contribution in [-0.2, 0) is 4.79 Å². The van der Waals surface area contributed by atoms with Crippen molar-refractivity contribution in [1.29, 1.82) is 0 Å². The third kappa shape index (κ3) is 4.50.